The maximum absolute atomic E-state index is 11.9. The SMILES string of the molecule is N#CCC(=O)NC1C(=O)N2C(C(=O)O)=C(Cl)CS[C@H]12. The minimum absolute atomic E-state index is 0.101. The summed E-state index contributed by atoms with van der Waals surface area (Å²) in [7, 11) is 0. The van der Waals surface area contributed by atoms with Crippen LogP contribution in [0.25, 0.3) is 0 Å². The Balaban J connectivity index is 2.14. The zero-order valence-electron chi connectivity index (χ0n) is 9.42. The van der Waals surface area contributed by atoms with Crippen LogP contribution in [0.4, 0.5) is 0 Å². The lowest BCUT2D eigenvalue weighted by Gasteiger charge is -2.48. The summed E-state index contributed by atoms with van der Waals surface area (Å²) in [6.45, 7) is 0. The molecule has 1 fully saturated rings. The molecule has 2 rings (SSSR count). The Hall–Kier alpha value is -1.72. The van der Waals surface area contributed by atoms with Crippen molar-refractivity contribution in [3.05, 3.63) is 10.7 Å². The van der Waals surface area contributed by atoms with E-state index in [0.29, 0.717) is 0 Å². The molecule has 0 aromatic rings. The molecule has 0 aromatic carbocycles. The lowest BCUT2D eigenvalue weighted by molar-refractivity contribution is -0.150. The molecule has 2 aliphatic heterocycles. The number of carboxylic acids is 1. The zero-order valence-corrected chi connectivity index (χ0v) is 11.0. The number of nitrogens with zero attached hydrogens (tertiary/aromatic N) is 2. The number of hydrogen-bond acceptors (Lipinski definition) is 5. The second-order valence-corrected chi connectivity index (χ2v) is 5.41. The number of nitriles is 1. The number of fused-ring (bicyclic) bond motifs is 1. The van der Waals surface area contributed by atoms with Crippen LogP contribution in [0.5, 0.6) is 0 Å². The number of rotatable bonds is 3. The third kappa shape index (κ3) is 2.27. The summed E-state index contributed by atoms with van der Waals surface area (Å²) in [6.07, 6.45) is -0.344. The van der Waals surface area contributed by atoms with Crippen LogP contribution < -0.4 is 5.32 Å². The number of carbonyl (C=O) groups excluding carboxylic acids is 2. The second-order valence-electron chi connectivity index (χ2n) is 3.85. The van der Waals surface area contributed by atoms with E-state index < -0.39 is 29.2 Å². The van der Waals surface area contributed by atoms with Crippen LogP contribution in [-0.2, 0) is 14.4 Å². The molecule has 0 bridgehead atoms. The first-order chi connectivity index (χ1) is 8.97. The number of nitrogens with one attached hydrogen (secondary N) is 1. The van der Waals surface area contributed by atoms with E-state index in [4.69, 9.17) is 22.0 Å². The van der Waals surface area contributed by atoms with Crippen LogP contribution >= 0.6 is 23.4 Å². The topological polar surface area (TPSA) is 111 Å². The molecule has 2 atom stereocenters. The van der Waals surface area contributed by atoms with Gasteiger partial charge in [-0.3, -0.25) is 14.5 Å². The van der Waals surface area contributed by atoms with Crippen molar-refractivity contribution >= 4 is 41.1 Å². The van der Waals surface area contributed by atoms with Crippen LogP contribution in [0.3, 0.4) is 0 Å². The van der Waals surface area contributed by atoms with E-state index in [1.54, 1.807) is 6.07 Å². The van der Waals surface area contributed by atoms with Crippen molar-refractivity contribution in [2.75, 3.05) is 5.75 Å². The van der Waals surface area contributed by atoms with E-state index in [-0.39, 0.29) is 22.9 Å². The number of carbonyl (C=O) groups is 3. The van der Waals surface area contributed by atoms with Crippen LogP contribution in [0.1, 0.15) is 6.42 Å². The van der Waals surface area contributed by atoms with Gasteiger partial charge in [-0.05, 0) is 0 Å². The van der Waals surface area contributed by atoms with E-state index in [9.17, 15) is 14.4 Å². The van der Waals surface area contributed by atoms with Gasteiger partial charge in [0.1, 0.15) is 23.5 Å². The second kappa shape index (κ2) is 5.11. The molecule has 0 aliphatic carbocycles. The maximum Gasteiger partial charge on any atom is 0.353 e. The summed E-state index contributed by atoms with van der Waals surface area (Å²) in [5.74, 6) is -2.09. The zero-order chi connectivity index (χ0) is 14.2. The molecule has 1 unspecified atom stereocenters. The summed E-state index contributed by atoms with van der Waals surface area (Å²) in [5.41, 5.74) is -0.235. The monoisotopic (exact) mass is 301 g/mol. The first kappa shape index (κ1) is 13.7. The van der Waals surface area contributed by atoms with Crippen LogP contribution in [0.2, 0.25) is 0 Å². The highest BCUT2D eigenvalue weighted by Gasteiger charge is 2.54. The lowest BCUT2D eigenvalue weighted by Crippen LogP contribution is -2.70. The van der Waals surface area contributed by atoms with Crippen LogP contribution in [-0.4, -0.2) is 45.0 Å². The van der Waals surface area contributed by atoms with E-state index in [1.165, 1.54) is 11.8 Å². The van der Waals surface area contributed by atoms with E-state index >= 15 is 0 Å². The van der Waals surface area contributed by atoms with Crippen LogP contribution in [0, 0.1) is 11.3 Å². The minimum atomic E-state index is -1.27. The normalized spacial score (nSPS) is 25.3. The number of β-lactam (4-membered cyclic amide) rings is 1. The van der Waals surface area contributed by atoms with Gasteiger partial charge in [-0.1, -0.05) is 11.6 Å². The van der Waals surface area contributed by atoms with Gasteiger partial charge in [0, 0.05) is 5.75 Å². The van der Waals surface area contributed by atoms with E-state index in [1.807, 2.05) is 0 Å². The standard InChI is InChI=1S/C10H8ClN3O4S/c11-4-3-19-9-6(13-5(15)1-2-12)8(16)14(9)7(4)10(17)18/h6,9H,1,3H2,(H,13,15)(H,17,18)/t6?,9-/m1/s1. The molecule has 19 heavy (non-hydrogen) atoms. The molecule has 100 valence electrons. The number of hydrogen-bond donors (Lipinski definition) is 2. The summed E-state index contributed by atoms with van der Waals surface area (Å²) in [4.78, 5) is 35.3. The van der Waals surface area contributed by atoms with Gasteiger partial charge in [-0.2, -0.15) is 5.26 Å². The van der Waals surface area contributed by atoms with Crippen molar-refractivity contribution in [3.63, 3.8) is 0 Å². The number of halogens is 1. The predicted octanol–water partition coefficient (Wildman–Crippen LogP) is -0.165. The van der Waals surface area contributed by atoms with Crippen molar-refractivity contribution in [1.82, 2.24) is 10.2 Å². The molecule has 7 nitrogen and oxygen atoms in total. The fourth-order valence-corrected chi connectivity index (χ4v) is 3.43. The smallest absolute Gasteiger partial charge is 0.353 e. The van der Waals surface area contributed by atoms with E-state index in [2.05, 4.69) is 5.32 Å². The van der Waals surface area contributed by atoms with Gasteiger partial charge in [0.25, 0.3) is 5.91 Å². The van der Waals surface area contributed by atoms with Crippen molar-refractivity contribution in [1.29, 1.82) is 5.26 Å². The highest BCUT2D eigenvalue weighted by Crippen LogP contribution is 2.41. The first-order valence-corrected chi connectivity index (χ1v) is 6.63. The average Bonchev–Trinajstić information content (AvgIpc) is 2.35. The summed E-state index contributed by atoms with van der Waals surface area (Å²) in [5, 5.41) is 19.4. The van der Waals surface area contributed by atoms with Gasteiger partial charge in [0.15, 0.2) is 0 Å². The fourth-order valence-electron chi connectivity index (χ4n) is 1.88. The van der Waals surface area contributed by atoms with Crippen molar-refractivity contribution in [2.45, 2.75) is 17.8 Å². The highest BCUT2D eigenvalue weighted by atomic mass is 35.5. The third-order valence-corrected chi connectivity index (χ3v) is 4.43. The highest BCUT2D eigenvalue weighted by molar-refractivity contribution is 8.00. The van der Waals surface area contributed by atoms with E-state index in [0.717, 1.165) is 4.90 Å². The number of amides is 2. The molecular formula is C10H8ClN3O4S. The molecule has 2 N–H and O–H groups in total. The average molecular weight is 302 g/mol. The molecule has 2 aliphatic rings. The first-order valence-electron chi connectivity index (χ1n) is 5.20. The third-order valence-electron chi connectivity index (χ3n) is 2.68. The van der Waals surface area contributed by atoms with Gasteiger partial charge in [0.05, 0.1) is 11.1 Å². The Labute approximate surface area is 117 Å². The largest absolute Gasteiger partial charge is 0.477 e. The van der Waals surface area contributed by atoms with Gasteiger partial charge >= 0.3 is 5.97 Å². The van der Waals surface area contributed by atoms with Crippen molar-refractivity contribution in [3.8, 4) is 6.07 Å². The molecular weight excluding hydrogens is 294 g/mol. The Bertz CT molecular complexity index is 541. The Kier molecular flexibility index (Phi) is 3.68. The fraction of sp³-hybridized carbons (Fsp3) is 0.400. The molecule has 1 saturated heterocycles. The summed E-state index contributed by atoms with van der Waals surface area (Å²) in [6, 6.07) is 0.873. The maximum atomic E-state index is 11.9. The van der Waals surface area contributed by atoms with Gasteiger partial charge in [-0.25, -0.2) is 4.79 Å². The van der Waals surface area contributed by atoms with Crippen molar-refractivity contribution in [2.24, 2.45) is 0 Å². The van der Waals surface area contributed by atoms with Gasteiger partial charge in [0.2, 0.25) is 5.91 Å². The lowest BCUT2D eigenvalue weighted by atomic mass is 10.0. The van der Waals surface area contributed by atoms with Crippen LogP contribution in [0.15, 0.2) is 10.7 Å². The molecule has 0 radical (unpaired) electrons. The number of aliphatic carboxylic acids is 1. The number of carboxylic acid groups (broad SMARTS) is 1. The molecule has 2 amide bonds. The van der Waals surface area contributed by atoms with Crippen molar-refractivity contribution < 1.29 is 19.5 Å². The molecule has 2 heterocycles. The molecule has 9 heteroatoms. The molecule has 0 spiro atoms. The summed E-state index contributed by atoms with van der Waals surface area (Å²) >= 11 is 7.06. The Morgan fingerprint density at radius 3 is 2.89 bits per heavy atom. The van der Waals surface area contributed by atoms with Gasteiger partial charge < -0.3 is 10.4 Å². The minimum Gasteiger partial charge on any atom is -0.477 e. The predicted molar refractivity (Wildman–Crippen MR) is 65.8 cm³/mol. The molecule has 0 aromatic heterocycles. The molecule has 0 saturated carbocycles. The van der Waals surface area contributed by atoms with Gasteiger partial charge in [-0.15, -0.1) is 11.8 Å². The summed E-state index contributed by atoms with van der Waals surface area (Å²) < 4.78 is 0. The Morgan fingerprint density at radius 1 is 1.63 bits per heavy atom. The number of thioether (sulfide) groups is 1. The Morgan fingerprint density at radius 2 is 2.32 bits per heavy atom. The quantitative estimate of drug-likeness (QED) is 0.701.